The van der Waals surface area contributed by atoms with E-state index in [1.54, 1.807) is 31.2 Å². The quantitative estimate of drug-likeness (QED) is 0.457. The van der Waals surface area contributed by atoms with Crippen LogP contribution in [0.4, 0.5) is 4.39 Å². The number of aryl methyl sites for hydroxylation is 1. The van der Waals surface area contributed by atoms with Gasteiger partial charge in [0.25, 0.3) is 0 Å². The zero-order chi connectivity index (χ0) is 18.7. The maximum Gasteiger partial charge on any atom is 0.350 e. The van der Waals surface area contributed by atoms with Gasteiger partial charge in [0.1, 0.15) is 15.7 Å². The zero-order valence-electron chi connectivity index (χ0n) is 13.7. The number of aromatic nitrogens is 1. The maximum absolute atomic E-state index is 13.6. The average molecular weight is 390 g/mol. The Hall–Kier alpha value is -2.57. The number of carbonyl (C=O) groups is 2. The van der Waals surface area contributed by atoms with E-state index in [1.807, 2.05) is 6.07 Å². The van der Waals surface area contributed by atoms with Gasteiger partial charge in [-0.15, -0.1) is 11.3 Å². The molecule has 0 N–H and O–H groups in total. The number of nitrogens with zero attached hydrogens (tertiary/aromatic N) is 1. The number of ether oxygens (including phenoxy) is 1. The second kappa shape index (κ2) is 7.76. The van der Waals surface area contributed by atoms with Crippen molar-refractivity contribution in [3.05, 3.63) is 75.5 Å². The minimum atomic E-state index is -0.669. The lowest BCUT2D eigenvalue weighted by atomic mass is 10.1. The molecular formula is C19H13ClFNO3S. The van der Waals surface area contributed by atoms with E-state index in [9.17, 15) is 14.0 Å². The first-order valence-electron chi connectivity index (χ1n) is 7.64. The molecular weight excluding hydrogens is 377 g/mol. The highest BCUT2D eigenvalue weighted by atomic mass is 35.5. The largest absolute Gasteiger partial charge is 0.453 e. The van der Waals surface area contributed by atoms with Crippen molar-refractivity contribution in [1.82, 2.24) is 4.98 Å². The third-order valence-corrected chi connectivity index (χ3v) is 4.98. The van der Waals surface area contributed by atoms with Crippen molar-refractivity contribution in [3.8, 4) is 10.6 Å². The second-order valence-electron chi connectivity index (χ2n) is 5.42. The highest BCUT2D eigenvalue weighted by Gasteiger charge is 2.20. The van der Waals surface area contributed by atoms with Crippen LogP contribution in [-0.2, 0) is 4.74 Å². The first-order valence-corrected chi connectivity index (χ1v) is 8.83. The van der Waals surface area contributed by atoms with E-state index in [4.69, 9.17) is 16.3 Å². The molecule has 4 nitrogen and oxygen atoms in total. The summed E-state index contributed by atoms with van der Waals surface area (Å²) in [5, 5.41) is 1.19. The molecule has 0 unspecified atom stereocenters. The Morgan fingerprint density at radius 1 is 1.19 bits per heavy atom. The lowest BCUT2D eigenvalue weighted by Crippen LogP contribution is -2.15. The molecule has 0 saturated carbocycles. The number of rotatable bonds is 5. The van der Waals surface area contributed by atoms with Crippen molar-refractivity contribution in [2.45, 2.75) is 6.92 Å². The van der Waals surface area contributed by atoms with Crippen LogP contribution in [-0.4, -0.2) is 23.3 Å². The van der Waals surface area contributed by atoms with Gasteiger partial charge in [0.05, 0.1) is 11.3 Å². The molecule has 132 valence electrons. The van der Waals surface area contributed by atoms with Crippen molar-refractivity contribution in [2.75, 3.05) is 6.61 Å². The van der Waals surface area contributed by atoms with E-state index in [0.29, 0.717) is 20.6 Å². The summed E-state index contributed by atoms with van der Waals surface area (Å²) in [6.07, 6.45) is 0. The Bertz CT molecular complexity index is 986. The van der Waals surface area contributed by atoms with Gasteiger partial charge in [-0.3, -0.25) is 4.79 Å². The molecule has 3 aromatic rings. The number of ketones is 1. The summed E-state index contributed by atoms with van der Waals surface area (Å²) in [4.78, 5) is 28.9. The van der Waals surface area contributed by atoms with Crippen molar-refractivity contribution in [1.29, 1.82) is 0 Å². The zero-order valence-corrected chi connectivity index (χ0v) is 15.2. The maximum atomic E-state index is 13.6. The Morgan fingerprint density at radius 2 is 1.96 bits per heavy atom. The van der Waals surface area contributed by atoms with Gasteiger partial charge < -0.3 is 4.74 Å². The number of thiazole rings is 1. The van der Waals surface area contributed by atoms with Crippen LogP contribution >= 0.6 is 22.9 Å². The van der Waals surface area contributed by atoms with Crippen LogP contribution in [0.5, 0.6) is 0 Å². The highest BCUT2D eigenvalue weighted by molar-refractivity contribution is 7.17. The normalized spacial score (nSPS) is 10.6. The van der Waals surface area contributed by atoms with Crippen molar-refractivity contribution in [2.24, 2.45) is 0 Å². The summed E-state index contributed by atoms with van der Waals surface area (Å²) < 4.78 is 18.6. The van der Waals surface area contributed by atoms with Gasteiger partial charge in [0.15, 0.2) is 6.61 Å². The fourth-order valence-electron chi connectivity index (χ4n) is 2.29. The van der Waals surface area contributed by atoms with E-state index in [-0.39, 0.29) is 5.56 Å². The van der Waals surface area contributed by atoms with Crippen molar-refractivity contribution < 1.29 is 18.7 Å². The number of benzene rings is 2. The van der Waals surface area contributed by atoms with Crippen molar-refractivity contribution >= 4 is 34.7 Å². The first-order chi connectivity index (χ1) is 12.5. The minimum Gasteiger partial charge on any atom is -0.453 e. The molecule has 0 bridgehead atoms. The highest BCUT2D eigenvalue weighted by Crippen LogP contribution is 2.29. The molecule has 3 rings (SSSR count). The Balaban J connectivity index is 1.73. The number of esters is 1. The summed E-state index contributed by atoms with van der Waals surface area (Å²) in [6.45, 7) is 1.14. The molecule has 0 fully saturated rings. The van der Waals surface area contributed by atoms with Crippen molar-refractivity contribution in [3.63, 3.8) is 0 Å². The summed E-state index contributed by atoms with van der Waals surface area (Å²) in [5.74, 6) is -1.92. The van der Waals surface area contributed by atoms with Crippen LogP contribution in [0.25, 0.3) is 10.6 Å². The Kier molecular flexibility index (Phi) is 5.44. The van der Waals surface area contributed by atoms with E-state index < -0.39 is 24.2 Å². The lowest BCUT2D eigenvalue weighted by molar-refractivity contribution is 0.0477. The first kappa shape index (κ1) is 18.2. The van der Waals surface area contributed by atoms with Gasteiger partial charge in [0.2, 0.25) is 5.78 Å². The summed E-state index contributed by atoms with van der Waals surface area (Å²) >= 11 is 7.13. The Morgan fingerprint density at radius 3 is 2.69 bits per heavy atom. The molecule has 7 heteroatoms. The fraction of sp³-hybridized carbons (Fsp3) is 0.105. The predicted octanol–water partition coefficient (Wildman–Crippen LogP) is 4.95. The van der Waals surface area contributed by atoms with Gasteiger partial charge in [0, 0.05) is 10.6 Å². The molecule has 0 aliphatic rings. The van der Waals surface area contributed by atoms with Crippen LogP contribution in [0, 0.1) is 12.7 Å². The topological polar surface area (TPSA) is 56.3 Å². The van der Waals surface area contributed by atoms with Gasteiger partial charge in [-0.1, -0.05) is 35.9 Å². The SMILES string of the molecule is Cc1nc(-c2cccc(Cl)c2)sc1C(=O)OCC(=O)c1ccccc1F. The molecule has 0 spiro atoms. The third-order valence-electron chi connectivity index (χ3n) is 3.56. The van der Waals surface area contributed by atoms with Gasteiger partial charge in [-0.2, -0.15) is 0 Å². The monoisotopic (exact) mass is 389 g/mol. The van der Waals surface area contributed by atoms with Crippen LogP contribution < -0.4 is 0 Å². The number of carbonyl (C=O) groups excluding carboxylic acids is 2. The standard InChI is InChI=1S/C19H13ClFNO3S/c1-11-17(26-18(22-11)12-5-4-6-13(20)9-12)19(24)25-10-16(23)14-7-2-3-8-15(14)21/h2-9H,10H2,1H3. The van der Waals surface area contributed by atoms with Gasteiger partial charge in [-0.25, -0.2) is 14.2 Å². The number of hydrogen-bond acceptors (Lipinski definition) is 5. The minimum absolute atomic E-state index is 0.110. The fourth-order valence-corrected chi connectivity index (χ4v) is 3.44. The molecule has 0 atom stereocenters. The molecule has 0 radical (unpaired) electrons. The molecule has 0 aliphatic carbocycles. The van der Waals surface area contributed by atoms with E-state index >= 15 is 0 Å². The number of hydrogen-bond donors (Lipinski definition) is 0. The summed E-state index contributed by atoms with van der Waals surface area (Å²) in [5.41, 5.74) is 1.17. The molecule has 0 saturated heterocycles. The molecule has 0 aliphatic heterocycles. The summed E-state index contributed by atoms with van der Waals surface area (Å²) in [7, 11) is 0. The van der Waals surface area contributed by atoms with E-state index in [0.717, 1.165) is 16.9 Å². The Labute approximate surface area is 158 Å². The second-order valence-corrected chi connectivity index (χ2v) is 6.86. The molecule has 0 amide bonds. The predicted molar refractivity (Wildman–Crippen MR) is 98.3 cm³/mol. The van der Waals surface area contributed by atoms with Crippen LogP contribution in [0.15, 0.2) is 48.5 Å². The van der Waals surface area contributed by atoms with Gasteiger partial charge in [-0.05, 0) is 31.2 Å². The molecule has 26 heavy (non-hydrogen) atoms. The smallest absolute Gasteiger partial charge is 0.350 e. The lowest BCUT2D eigenvalue weighted by Gasteiger charge is -2.04. The third kappa shape index (κ3) is 3.98. The van der Waals surface area contributed by atoms with Crippen LogP contribution in [0.2, 0.25) is 5.02 Å². The number of Topliss-reactive ketones (excluding diaryl/α,β-unsaturated/α-hetero) is 1. The number of halogens is 2. The van der Waals surface area contributed by atoms with Crippen LogP contribution in [0.3, 0.4) is 0 Å². The van der Waals surface area contributed by atoms with Gasteiger partial charge >= 0.3 is 5.97 Å². The van der Waals surface area contributed by atoms with E-state index in [1.165, 1.54) is 18.2 Å². The molecule has 1 heterocycles. The summed E-state index contributed by atoms with van der Waals surface area (Å²) in [6, 6.07) is 12.7. The molecule has 1 aromatic heterocycles. The van der Waals surface area contributed by atoms with Crippen LogP contribution in [0.1, 0.15) is 25.7 Å². The molecule has 2 aromatic carbocycles. The average Bonchev–Trinajstić information content (AvgIpc) is 3.02. The van der Waals surface area contributed by atoms with E-state index in [2.05, 4.69) is 4.98 Å².